The maximum absolute atomic E-state index is 5.66. The van der Waals surface area contributed by atoms with Crippen molar-refractivity contribution in [2.75, 3.05) is 7.11 Å². The number of ether oxygens (including phenoxy) is 1. The highest BCUT2D eigenvalue weighted by Gasteiger charge is 2.12. The molecule has 2 rings (SSSR count). The van der Waals surface area contributed by atoms with Crippen LogP contribution in [0.5, 0.6) is 5.75 Å². The van der Waals surface area contributed by atoms with Crippen LogP contribution in [0.4, 0.5) is 0 Å². The number of rotatable bonds is 5. The fourth-order valence-corrected chi connectivity index (χ4v) is 2.65. The van der Waals surface area contributed by atoms with E-state index in [1.54, 1.807) is 18.4 Å². The lowest BCUT2D eigenvalue weighted by Crippen LogP contribution is -2.29. The standard InChI is InChI=1S/C14H18N2OS/c1-10-3-4-12(8-14(10)17-2)13(16-15)7-11-5-6-18-9-11/h3-6,8-9,13,16H,7,15H2,1-2H3. The predicted octanol–water partition coefficient (Wildman–Crippen LogP) is 2.81. The molecule has 2 aromatic rings. The van der Waals surface area contributed by atoms with E-state index in [0.29, 0.717) is 0 Å². The van der Waals surface area contributed by atoms with Gasteiger partial charge >= 0.3 is 0 Å². The molecule has 1 heterocycles. The van der Waals surface area contributed by atoms with Gasteiger partial charge in [0.05, 0.1) is 13.2 Å². The van der Waals surface area contributed by atoms with E-state index in [-0.39, 0.29) is 6.04 Å². The van der Waals surface area contributed by atoms with Crippen molar-refractivity contribution in [1.29, 1.82) is 0 Å². The summed E-state index contributed by atoms with van der Waals surface area (Å²) in [6.07, 6.45) is 0.881. The van der Waals surface area contributed by atoms with E-state index < -0.39 is 0 Å². The van der Waals surface area contributed by atoms with Crippen LogP contribution < -0.4 is 16.0 Å². The van der Waals surface area contributed by atoms with E-state index in [4.69, 9.17) is 10.6 Å². The Morgan fingerprint density at radius 2 is 2.22 bits per heavy atom. The second-order valence-corrected chi connectivity index (χ2v) is 5.06. The molecule has 0 aliphatic heterocycles. The lowest BCUT2D eigenvalue weighted by Gasteiger charge is -2.17. The number of hydrazine groups is 1. The van der Waals surface area contributed by atoms with Gasteiger partial charge in [-0.3, -0.25) is 11.3 Å². The molecule has 96 valence electrons. The average molecular weight is 262 g/mol. The molecule has 0 amide bonds. The third-order valence-electron chi connectivity index (χ3n) is 3.06. The third-order valence-corrected chi connectivity index (χ3v) is 3.79. The van der Waals surface area contributed by atoms with Crippen molar-refractivity contribution in [3.8, 4) is 5.75 Å². The maximum Gasteiger partial charge on any atom is 0.122 e. The van der Waals surface area contributed by atoms with Gasteiger partial charge in [0.1, 0.15) is 5.75 Å². The molecule has 0 bridgehead atoms. The molecule has 0 radical (unpaired) electrons. The minimum atomic E-state index is 0.106. The molecule has 0 aliphatic rings. The Morgan fingerprint density at radius 3 is 2.83 bits per heavy atom. The molecule has 0 saturated carbocycles. The highest BCUT2D eigenvalue weighted by Crippen LogP contribution is 2.25. The van der Waals surface area contributed by atoms with Crippen molar-refractivity contribution in [2.45, 2.75) is 19.4 Å². The summed E-state index contributed by atoms with van der Waals surface area (Å²) in [6.45, 7) is 2.03. The van der Waals surface area contributed by atoms with E-state index in [9.17, 15) is 0 Å². The van der Waals surface area contributed by atoms with Crippen molar-refractivity contribution < 1.29 is 4.74 Å². The Bertz CT molecular complexity index is 497. The molecule has 1 atom stereocenters. The number of hydrogen-bond acceptors (Lipinski definition) is 4. The molecular formula is C14H18N2OS. The minimum Gasteiger partial charge on any atom is -0.496 e. The van der Waals surface area contributed by atoms with Crippen molar-refractivity contribution in [1.82, 2.24) is 5.43 Å². The fraction of sp³-hybridized carbons (Fsp3) is 0.286. The van der Waals surface area contributed by atoms with Crippen LogP contribution in [0.15, 0.2) is 35.0 Å². The van der Waals surface area contributed by atoms with Crippen molar-refractivity contribution in [3.05, 3.63) is 51.7 Å². The van der Waals surface area contributed by atoms with Crippen LogP contribution in [0.25, 0.3) is 0 Å². The summed E-state index contributed by atoms with van der Waals surface area (Å²) in [5.41, 5.74) is 6.45. The quantitative estimate of drug-likeness (QED) is 0.643. The Labute approximate surface area is 112 Å². The van der Waals surface area contributed by atoms with Gasteiger partial charge in [-0.1, -0.05) is 12.1 Å². The Balaban J connectivity index is 2.21. The van der Waals surface area contributed by atoms with Crippen LogP contribution in [-0.4, -0.2) is 7.11 Å². The normalized spacial score (nSPS) is 12.4. The van der Waals surface area contributed by atoms with Gasteiger partial charge in [0, 0.05) is 0 Å². The van der Waals surface area contributed by atoms with Gasteiger partial charge in [0.2, 0.25) is 0 Å². The van der Waals surface area contributed by atoms with Gasteiger partial charge < -0.3 is 4.74 Å². The SMILES string of the molecule is COc1cc(C(Cc2ccsc2)NN)ccc1C. The Kier molecular flexibility index (Phi) is 4.36. The molecule has 3 nitrogen and oxygen atoms in total. The number of nitrogens with two attached hydrogens (primary N) is 1. The molecule has 18 heavy (non-hydrogen) atoms. The van der Waals surface area contributed by atoms with Crippen LogP contribution in [0, 0.1) is 6.92 Å². The zero-order valence-electron chi connectivity index (χ0n) is 10.6. The van der Waals surface area contributed by atoms with Gasteiger partial charge in [-0.25, -0.2) is 0 Å². The van der Waals surface area contributed by atoms with E-state index in [1.807, 2.05) is 13.0 Å². The average Bonchev–Trinajstić information content (AvgIpc) is 2.89. The lowest BCUT2D eigenvalue weighted by atomic mass is 9.99. The van der Waals surface area contributed by atoms with Crippen molar-refractivity contribution in [3.63, 3.8) is 0 Å². The molecule has 0 spiro atoms. The van der Waals surface area contributed by atoms with Crippen molar-refractivity contribution >= 4 is 11.3 Å². The van der Waals surface area contributed by atoms with Crippen LogP contribution in [0.2, 0.25) is 0 Å². The van der Waals surface area contributed by atoms with Gasteiger partial charge in [0.25, 0.3) is 0 Å². The van der Waals surface area contributed by atoms with Crippen LogP contribution in [-0.2, 0) is 6.42 Å². The number of methoxy groups -OCH3 is 1. The van der Waals surface area contributed by atoms with Gasteiger partial charge in [-0.05, 0) is 52.9 Å². The monoisotopic (exact) mass is 262 g/mol. The number of hydrogen-bond donors (Lipinski definition) is 2. The van der Waals surface area contributed by atoms with E-state index in [0.717, 1.165) is 23.3 Å². The number of nitrogens with one attached hydrogen (secondary N) is 1. The van der Waals surface area contributed by atoms with Crippen LogP contribution >= 0.6 is 11.3 Å². The second kappa shape index (κ2) is 6.00. The largest absolute Gasteiger partial charge is 0.496 e. The summed E-state index contributed by atoms with van der Waals surface area (Å²) in [6, 6.07) is 8.43. The summed E-state index contributed by atoms with van der Waals surface area (Å²) in [4.78, 5) is 0. The molecule has 4 heteroatoms. The van der Waals surface area contributed by atoms with Gasteiger partial charge in [-0.2, -0.15) is 11.3 Å². The lowest BCUT2D eigenvalue weighted by molar-refractivity contribution is 0.410. The maximum atomic E-state index is 5.66. The molecule has 0 aliphatic carbocycles. The first kappa shape index (κ1) is 13.1. The van der Waals surface area contributed by atoms with E-state index >= 15 is 0 Å². The van der Waals surface area contributed by atoms with Crippen LogP contribution in [0.1, 0.15) is 22.7 Å². The summed E-state index contributed by atoms with van der Waals surface area (Å²) in [5.74, 6) is 6.56. The zero-order chi connectivity index (χ0) is 13.0. The van der Waals surface area contributed by atoms with E-state index in [1.165, 1.54) is 5.56 Å². The third kappa shape index (κ3) is 2.90. The summed E-state index contributed by atoms with van der Waals surface area (Å²) < 4.78 is 5.35. The number of thiophene rings is 1. The van der Waals surface area contributed by atoms with E-state index in [2.05, 4.69) is 34.4 Å². The highest BCUT2D eigenvalue weighted by atomic mass is 32.1. The van der Waals surface area contributed by atoms with Crippen LogP contribution in [0.3, 0.4) is 0 Å². The summed E-state index contributed by atoms with van der Waals surface area (Å²) in [5, 5.41) is 4.23. The smallest absolute Gasteiger partial charge is 0.122 e. The topological polar surface area (TPSA) is 47.3 Å². The first-order chi connectivity index (χ1) is 8.74. The molecule has 1 aromatic carbocycles. The summed E-state index contributed by atoms with van der Waals surface area (Å²) in [7, 11) is 1.69. The molecular weight excluding hydrogens is 244 g/mol. The molecule has 0 saturated heterocycles. The minimum absolute atomic E-state index is 0.106. The molecule has 1 aromatic heterocycles. The molecule has 3 N–H and O–H groups in total. The number of benzene rings is 1. The molecule has 1 unspecified atom stereocenters. The second-order valence-electron chi connectivity index (χ2n) is 4.28. The fourth-order valence-electron chi connectivity index (χ4n) is 1.97. The van der Waals surface area contributed by atoms with Gasteiger partial charge in [-0.15, -0.1) is 0 Å². The zero-order valence-corrected chi connectivity index (χ0v) is 11.5. The number of aryl methyl sites for hydroxylation is 1. The van der Waals surface area contributed by atoms with Crippen molar-refractivity contribution in [2.24, 2.45) is 5.84 Å². The summed E-state index contributed by atoms with van der Waals surface area (Å²) >= 11 is 1.70. The molecule has 0 fully saturated rings. The first-order valence-corrected chi connectivity index (χ1v) is 6.80. The Morgan fingerprint density at radius 1 is 1.39 bits per heavy atom. The highest BCUT2D eigenvalue weighted by molar-refractivity contribution is 7.07. The van der Waals surface area contributed by atoms with Gasteiger partial charge in [0.15, 0.2) is 0 Å². The first-order valence-electron chi connectivity index (χ1n) is 5.86. The Hall–Kier alpha value is -1.36. The predicted molar refractivity (Wildman–Crippen MR) is 75.8 cm³/mol.